The summed E-state index contributed by atoms with van der Waals surface area (Å²) in [6.07, 6.45) is 1.76. The number of hydrogen-bond acceptors (Lipinski definition) is 4. The van der Waals surface area contributed by atoms with Crippen LogP contribution < -0.4 is 10.4 Å². The molecule has 4 rings (SSSR count). The highest BCUT2D eigenvalue weighted by molar-refractivity contribution is 6.32. The maximum absolute atomic E-state index is 11.6. The molecule has 0 aliphatic rings. The quantitative estimate of drug-likeness (QED) is 0.493. The Balaban J connectivity index is 1.71. The van der Waals surface area contributed by atoms with Crippen LogP contribution in [0.2, 0.25) is 5.02 Å². The van der Waals surface area contributed by atoms with Gasteiger partial charge in [0.1, 0.15) is 17.9 Å². The van der Waals surface area contributed by atoms with Gasteiger partial charge in [-0.15, -0.1) is 0 Å². The molecule has 0 spiro atoms. The minimum atomic E-state index is -0.392. The fraction of sp³-hybridized carbons (Fsp3) is 0.100. The molecule has 0 bridgehead atoms. The lowest BCUT2D eigenvalue weighted by atomic mass is 10.1. The van der Waals surface area contributed by atoms with Crippen molar-refractivity contribution in [3.05, 3.63) is 81.3 Å². The van der Waals surface area contributed by atoms with Gasteiger partial charge in [0.2, 0.25) is 0 Å². The monoisotopic (exact) mass is 351 g/mol. The molecule has 0 aliphatic heterocycles. The van der Waals surface area contributed by atoms with Crippen LogP contribution in [0.3, 0.4) is 0 Å². The van der Waals surface area contributed by atoms with E-state index in [0.717, 1.165) is 27.4 Å². The first-order valence-electron chi connectivity index (χ1n) is 7.81. The number of pyridine rings is 1. The van der Waals surface area contributed by atoms with E-state index in [2.05, 4.69) is 4.98 Å². The first-order chi connectivity index (χ1) is 12.1. The Labute approximate surface area is 148 Å². The smallest absolute Gasteiger partial charge is 0.336 e. The van der Waals surface area contributed by atoms with Gasteiger partial charge in [-0.25, -0.2) is 4.79 Å². The maximum atomic E-state index is 11.6. The van der Waals surface area contributed by atoms with Gasteiger partial charge in [0.05, 0.1) is 10.5 Å². The molecular weight excluding hydrogens is 338 g/mol. The van der Waals surface area contributed by atoms with E-state index in [1.165, 1.54) is 6.07 Å². The Morgan fingerprint density at radius 2 is 2.00 bits per heavy atom. The fourth-order valence-corrected chi connectivity index (χ4v) is 3.09. The molecule has 0 fully saturated rings. The van der Waals surface area contributed by atoms with E-state index in [1.807, 2.05) is 37.3 Å². The topological polar surface area (TPSA) is 52.3 Å². The molecule has 4 aromatic rings. The normalized spacial score (nSPS) is 11.1. The summed E-state index contributed by atoms with van der Waals surface area (Å²) < 4.78 is 11.1. The van der Waals surface area contributed by atoms with Crippen molar-refractivity contribution < 1.29 is 9.15 Å². The molecule has 2 heterocycles. The number of aromatic nitrogens is 1. The first kappa shape index (κ1) is 15.7. The van der Waals surface area contributed by atoms with Gasteiger partial charge in [0.15, 0.2) is 0 Å². The van der Waals surface area contributed by atoms with Gasteiger partial charge >= 0.3 is 5.63 Å². The van der Waals surface area contributed by atoms with Crippen molar-refractivity contribution >= 4 is 33.5 Å². The summed E-state index contributed by atoms with van der Waals surface area (Å²) in [6, 6.07) is 14.7. The number of hydrogen-bond donors (Lipinski definition) is 0. The van der Waals surface area contributed by atoms with Gasteiger partial charge in [-0.3, -0.25) is 4.98 Å². The summed E-state index contributed by atoms with van der Waals surface area (Å²) >= 11 is 6.34. The van der Waals surface area contributed by atoms with Gasteiger partial charge in [-0.1, -0.05) is 35.9 Å². The minimum Gasteiger partial charge on any atom is -0.487 e. The van der Waals surface area contributed by atoms with Crippen LogP contribution in [-0.4, -0.2) is 4.98 Å². The lowest BCUT2D eigenvalue weighted by Crippen LogP contribution is -2.00. The molecule has 0 saturated carbocycles. The number of nitrogens with zero attached hydrogens (tertiary/aromatic N) is 1. The van der Waals surface area contributed by atoms with Crippen molar-refractivity contribution in [3.8, 4) is 5.75 Å². The summed E-state index contributed by atoms with van der Waals surface area (Å²) in [5.41, 5.74) is 2.74. The molecule has 0 N–H and O–H groups in total. The summed E-state index contributed by atoms with van der Waals surface area (Å²) in [5.74, 6) is 0.468. The van der Waals surface area contributed by atoms with E-state index < -0.39 is 5.63 Å². The number of halogens is 1. The zero-order valence-corrected chi connectivity index (χ0v) is 14.2. The van der Waals surface area contributed by atoms with Gasteiger partial charge in [-0.05, 0) is 24.6 Å². The number of ether oxygens (including phenoxy) is 1. The summed E-state index contributed by atoms with van der Waals surface area (Å²) in [4.78, 5) is 16.0. The Hall–Kier alpha value is -2.85. The molecule has 0 amide bonds. The summed E-state index contributed by atoms with van der Waals surface area (Å²) in [7, 11) is 0. The highest BCUT2D eigenvalue weighted by Crippen LogP contribution is 2.32. The largest absolute Gasteiger partial charge is 0.487 e. The Bertz CT molecular complexity index is 1150. The molecule has 0 atom stereocenters. The highest BCUT2D eigenvalue weighted by Gasteiger charge is 2.10. The van der Waals surface area contributed by atoms with E-state index in [1.54, 1.807) is 18.3 Å². The number of aryl methyl sites for hydroxylation is 1. The standard InChI is InChI=1S/C20H14ClNO3/c1-12-8-19(23)25-17-10-18(16(21)9-15(12)17)24-11-14-5-2-4-13-6-3-7-22-20(13)14/h2-10H,11H2,1H3. The van der Waals surface area contributed by atoms with Gasteiger partial charge in [0, 0.05) is 34.7 Å². The third-order valence-electron chi connectivity index (χ3n) is 4.10. The molecule has 2 aromatic heterocycles. The maximum Gasteiger partial charge on any atom is 0.336 e. The van der Waals surface area contributed by atoms with E-state index >= 15 is 0 Å². The number of benzene rings is 2. The number of para-hydroxylation sites is 1. The lowest BCUT2D eigenvalue weighted by Gasteiger charge is -2.11. The van der Waals surface area contributed by atoms with Crippen LogP contribution in [-0.2, 0) is 6.61 Å². The van der Waals surface area contributed by atoms with Crippen LogP contribution >= 0.6 is 11.6 Å². The number of fused-ring (bicyclic) bond motifs is 2. The van der Waals surface area contributed by atoms with E-state index in [0.29, 0.717) is 23.0 Å². The Morgan fingerprint density at radius 3 is 2.88 bits per heavy atom. The van der Waals surface area contributed by atoms with Crippen molar-refractivity contribution in [3.63, 3.8) is 0 Å². The molecule has 5 heteroatoms. The molecule has 0 saturated heterocycles. The predicted octanol–water partition coefficient (Wildman–Crippen LogP) is 4.88. The molecule has 0 radical (unpaired) electrons. The summed E-state index contributed by atoms with van der Waals surface area (Å²) in [6.45, 7) is 2.16. The zero-order valence-electron chi connectivity index (χ0n) is 13.5. The van der Waals surface area contributed by atoms with Crippen molar-refractivity contribution in [2.45, 2.75) is 13.5 Å². The predicted molar refractivity (Wildman–Crippen MR) is 98.3 cm³/mol. The van der Waals surface area contributed by atoms with E-state index in [-0.39, 0.29) is 0 Å². The summed E-state index contributed by atoms with van der Waals surface area (Å²) in [5, 5.41) is 2.32. The Morgan fingerprint density at radius 1 is 1.16 bits per heavy atom. The zero-order chi connectivity index (χ0) is 17.4. The van der Waals surface area contributed by atoms with Gasteiger partial charge in [0.25, 0.3) is 0 Å². The first-order valence-corrected chi connectivity index (χ1v) is 8.19. The molecule has 0 aliphatic carbocycles. The molecular formula is C20H14ClNO3. The van der Waals surface area contributed by atoms with Crippen molar-refractivity contribution in [2.24, 2.45) is 0 Å². The second-order valence-electron chi connectivity index (χ2n) is 5.81. The third-order valence-corrected chi connectivity index (χ3v) is 4.40. The third kappa shape index (κ3) is 2.96. The van der Waals surface area contributed by atoms with E-state index in [4.69, 9.17) is 20.8 Å². The van der Waals surface area contributed by atoms with Crippen molar-refractivity contribution in [1.82, 2.24) is 4.98 Å². The second kappa shape index (κ2) is 6.22. The van der Waals surface area contributed by atoms with Crippen LogP contribution in [0.25, 0.3) is 21.9 Å². The number of rotatable bonds is 3. The lowest BCUT2D eigenvalue weighted by molar-refractivity contribution is 0.307. The average Bonchev–Trinajstić information content (AvgIpc) is 2.60. The van der Waals surface area contributed by atoms with Crippen LogP contribution in [0, 0.1) is 6.92 Å². The van der Waals surface area contributed by atoms with Crippen LogP contribution in [0.4, 0.5) is 0 Å². The molecule has 0 unspecified atom stereocenters. The molecule has 25 heavy (non-hydrogen) atoms. The molecule has 124 valence electrons. The average molecular weight is 352 g/mol. The SMILES string of the molecule is Cc1cc(=O)oc2cc(OCc3cccc4cccnc34)c(Cl)cc12. The molecule has 2 aromatic carbocycles. The van der Waals surface area contributed by atoms with Crippen LogP contribution in [0.5, 0.6) is 5.75 Å². The highest BCUT2D eigenvalue weighted by atomic mass is 35.5. The molecule has 4 nitrogen and oxygen atoms in total. The van der Waals surface area contributed by atoms with Gasteiger partial charge < -0.3 is 9.15 Å². The second-order valence-corrected chi connectivity index (χ2v) is 6.22. The van der Waals surface area contributed by atoms with Crippen LogP contribution in [0.1, 0.15) is 11.1 Å². The van der Waals surface area contributed by atoms with Crippen LogP contribution in [0.15, 0.2) is 63.9 Å². The fourth-order valence-electron chi connectivity index (χ4n) is 2.87. The van der Waals surface area contributed by atoms with E-state index in [9.17, 15) is 4.79 Å². The van der Waals surface area contributed by atoms with Crippen molar-refractivity contribution in [2.75, 3.05) is 0 Å². The Kier molecular flexibility index (Phi) is 3.90. The van der Waals surface area contributed by atoms with Gasteiger partial charge in [-0.2, -0.15) is 0 Å². The minimum absolute atomic E-state index is 0.315. The van der Waals surface area contributed by atoms with Crippen molar-refractivity contribution in [1.29, 1.82) is 0 Å².